The van der Waals surface area contributed by atoms with Crippen molar-refractivity contribution in [3.63, 3.8) is 0 Å². The van der Waals surface area contributed by atoms with Gasteiger partial charge < -0.3 is 16.0 Å². The molecule has 0 bridgehead atoms. The monoisotopic (exact) mass is 381 g/mol. The normalized spacial score (nSPS) is 12.3. The summed E-state index contributed by atoms with van der Waals surface area (Å²) < 4.78 is 0. The minimum Gasteiger partial charge on any atom is -0.357 e. The number of anilines is 1. The van der Waals surface area contributed by atoms with E-state index in [1.807, 2.05) is 69.4 Å². The second-order valence-electron chi connectivity index (χ2n) is 6.69. The summed E-state index contributed by atoms with van der Waals surface area (Å²) in [5, 5.41) is 9.57. The number of aliphatic imine (C=N–C) groups is 1. The van der Waals surface area contributed by atoms with Gasteiger partial charge >= 0.3 is 0 Å². The van der Waals surface area contributed by atoms with Crippen LogP contribution in [-0.4, -0.2) is 29.9 Å². The standard InChI is InChI=1S/C22H31N5O/c1-4-17(3)21(28)27-20-11-8-9-18(15-20)16-26-22(23-5-2)25-14-12-19-10-6-7-13-24-19/h6-11,13,15,17H,4-5,12,14,16H2,1-3H3,(H,27,28)(H2,23,25,26). The van der Waals surface area contributed by atoms with Gasteiger partial charge in [0.05, 0.1) is 6.54 Å². The maximum atomic E-state index is 12.1. The third-order valence-corrected chi connectivity index (χ3v) is 4.42. The molecule has 1 unspecified atom stereocenters. The van der Waals surface area contributed by atoms with Gasteiger partial charge in [-0.05, 0) is 43.2 Å². The Labute approximate surface area is 167 Å². The van der Waals surface area contributed by atoms with Gasteiger partial charge in [0.2, 0.25) is 5.91 Å². The first-order chi connectivity index (χ1) is 13.6. The number of guanidine groups is 1. The summed E-state index contributed by atoms with van der Waals surface area (Å²) in [6, 6.07) is 13.8. The van der Waals surface area contributed by atoms with E-state index in [0.29, 0.717) is 6.54 Å². The van der Waals surface area contributed by atoms with Crippen molar-refractivity contribution in [1.29, 1.82) is 0 Å². The number of aromatic nitrogens is 1. The number of carbonyl (C=O) groups is 1. The first kappa shape index (κ1) is 21.4. The summed E-state index contributed by atoms with van der Waals surface area (Å²) in [4.78, 5) is 21.1. The van der Waals surface area contributed by atoms with Crippen molar-refractivity contribution in [2.24, 2.45) is 10.9 Å². The van der Waals surface area contributed by atoms with Crippen LogP contribution in [0, 0.1) is 5.92 Å². The summed E-state index contributed by atoms with van der Waals surface area (Å²) in [6.45, 7) is 8.07. The predicted octanol–water partition coefficient (Wildman–Crippen LogP) is 3.36. The van der Waals surface area contributed by atoms with Gasteiger partial charge in [0.25, 0.3) is 0 Å². The van der Waals surface area contributed by atoms with Crippen molar-refractivity contribution >= 4 is 17.6 Å². The molecule has 1 heterocycles. The van der Waals surface area contributed by atoms with Gasteiger partial charge in [0.1, 0.15) is 0 Å². The molecule has 0 radical (unpaired) electrons. The number of carbonyl (C=O) groups excluding carboxylic acids is 1. The van der Waals surface area contributed by atoms with Crippen molar-refractivity contribution in [1.82, 2.24) is 15.6 Å². The summed E-state index contributed by atoms with van der Waals surface area (Å²) in [7, 11) is 0. The lowest BCUT2D eigenvalue weighted by Crippen LogP contribution is -2.38. The number of hydrogen-bond acceptors (Lipinski definition) is 3. The summed E-state index contributed by atoms with van der Waals surface area (Å²) in [5.41, 5.74) is 2.91. The molecular formula is C22H31N5O. The summed E-state index contributed by atoms with van der Waals surface area (Å²) >= 11 is 0. The molecule has 0 spiro atoms. The highest BCUT2D eigenvalue weighted by atomic mass is 16.1. The van der Waals surface area contributed by atoms with Crippen LogP contribution in [0.4, 0.5) is 5.69 Å². The number of benzene rings is 1. The number of nitrogens with zero attached hydrogens (tertiary/aromatic N) is 2. The first-order valence-electron chi connectivity index (χ1n) is 9.94. The van der Waals surface area contributed by atoms with E-state index in [2.05, 4.69) is 25.9 Å². The molecule has 6 heteroatoms. The molecule has 1 amide bonds. The molecular weight excluding hydrogens is 350 g/mol. The van der Waals surface area contributed by atoms with Gasteiger partial charge in [-0.25, -0.2) is 4.99 Å². The van der Waals surface area contributed by atoms with Gasteiger partial charge in [0, 0.05) is 43.0 Å². The molecule has 3 N–H and O–H groups in total. The van der Waals surface area contributed by atoms with Crippen LogP contribution in [0.1, 0.15) is 38.4 Å². The Hall–Kier alpha value is -2.89. The van der Waals surface area contributed by atoms with Gasteiger partial charge in [-0.3, -0.25) is 9.78 Å². The maximum Gasteiger partial charge on any atom is 0.227 e. The topological polar surface area (TPSA) is 78.4 Å². The number of nitrogens with one attached hydrogen (secondary N) is 3. The van der Waals surface area contributed by atoms with Crippen molar-refractivity contribution in [2.45, 2.75) is 40.2 Å². The summed E-state index contributed by atoms with van der Waals surface area (Å²) in [6.07, 6.45) is 3.47. The Morgan fingerprint density at radius 2 is 2.00 bits per heavy atom. The minimum atomic E-state index is 0.00494. The van der Waals surface area contributed by atoms with Crippen LogP contribution in [0.3, 0.4) is 0 Å². The fraction of sp³-hybridized carbons (Fsp3) is 0.409. The molecule has 0 saturated heterocycles. The minimum absolute atomic E-state index is 0.00494. The lowest BCUT2D eigenvalue weighted by Gasteiger charge is -2.12. The van der Waals surface area contributed by atoms with Gasteiger partial charge in [-0.15, -0.1) is 0 Å². The molecule has 0 saturated carbocycles. The van der Waals surface area contributed by atoms with Crippen LogP contribution >= 0.6 is 0 Å². The fourth-order valence-corrected chi connectivity index (χ4v) is 2.57. The molecule has 6 nitrogen and oxygen atoms in total. The molecule has 0 aliphatic carbocycles. The van der Waals surface area contributed by atoms with Crippen LogP contribution in [-0.2, 0) is 17.8 Å². The van der Waals surface area contributed by atoms with E-state index in [9.17, 15) is 4.79 Å². The second kappa shape index (κ2) is 11.7. The van der Waals surface area contributed by atoms with Crippen LogP contribution < -0.4 is 16.0 Å². The van der Waals surface area contributed by atoms with Gasteiger partial charge in [-0.1, -0.05) is 32.0 Å². The predicted molar refractivity (Wildman–Crippen MR) is 115 cm³/mol. The Balaban J connectivity index is 1.92. The van der Waals surface area contributed by atoms with E-state index in [0.717, 1.165) is 48.8 Å². The lowest BCUT2D eigenvalue weighted by molar-refractivity contribution is -0.119. The van der Waals surface area contributed by atoms with Crippen molar-refractivity contribution in [2.75, 3.05) is 18.4 Å². The zero-order chi connectivity index (χ0) is 20.2. The van der Waals surface area contributed by atoms with Crippen molar-refractivity contribution in [3.8, 4) is 0 Å². The molecule has 1 aromatic heterocycles. The molecule has 2 aromatic rings. The van der Waals surface area contributed by atoms with E-state index < -0.39 is 0 Å². The zero-order valence-corrected chi connectivity index (χ0v) is 17.0. The second-order valence-corrected chi connectivity index (χ2v) is 6.69. The van der Waals surface area contributed by atoms with E-state index in [-0.39, 0.29) is 11.8 Å². The lowest BCUT2D eigenvalue weighted by atomic mass is 10.1. The number of hydrogen-bond donors (Lipinski definition) is 3. The number of rotatable bonds is 9. The Kier molecular flexibility index (Phi) is 8.98. The third-order valence-electron chi connectivity index (χ3n) is 4.42. The fourth-order valence-electron chi connectivity index (χ4n) is 2.57. The van der Waals surface area contributed by atoms with E-state index in [4.69, 9.17) is 0 Å². The Morgan fingerprint density at radius 1 is 1.14 bits per heavy atom. The van der Waals surface area contributed by atoms with Crippen LogP contribution in [0.2, 0.25) is 0 Å². The third kappa shape index (κ3) is 7.39. The van der Waals surface area contributed by atoms with Gasteiger partial charge in [0.15, 0.2) is 5.96 Å². The summed E-state index contributed by atoms with van der Waals surface area (Å²) in [5.74, 6) is 0.825. The van der Waals surface area contributed by atoms with Crippen LogP contribution in [0.5, 0.6) is 0 Å². The van der Waals surface area contributed by atoms with Gasteiger partial charge in [-0.2, -0.15) is 0 Å². The zero-order valence-electron chi connectivity index (χ0n) is 17.0. The van der Waals surface area contributed by atoms with Crippen molar-refractivity contribution in [3.05, 3.63) is 59.9 Å². The smallest absolute Gasteiger partial charge is 0.227 e. The Morgan fingerprint density at radius 3 is 2.71 bits per heavy atom. The average molecular weight is 382 g/mol. The molecule has 1 atom stereocenters. The molecule has 1 aromatic carbocycles. The average Bonchev–Trinajstić information content (AvgIpc) is 2.72. The molecule has 0 fully saturated rings. The largest absolute Gasteiger partial charge is 0.357 e. The van der Waals surface area contributed by atoms with Crippen molar-refractivity contribution < 1.29 is 4.79 Å². The molecule has 0 aliphatic rings. The number of amides is 1. The van der Waals surface area contributed by atoms with E-state index in [1.165, 1.54) is 0 Å². The number of pyridine rings is 1. The quantitative estimate of drug-likeness (QED) is 0.460. The SMILES string of the molecule is CCNC(=NCc1cccc(NC(=O)C(C)CC)c1)NCCc1ccccn1. The highest BCUT2D eigenvalue weighted by Crippen LogP contribution is 2.13. The van der Waals surface area contributed by atoms with E-state index >= 15 is 0 Å². The molecule has 28 heavy (non-hydrogen) atoms. The van der Waals surface area contributed by atoms with E-state index in [1.54, 1.807) is 0 Å². The molecule has 0 aliphatic heterocycles. The maximum absolute atomic E-state index is 12.1. The highest BCUT2D eigenvalue weighted by Gasteiger charge is 2.10. The molecule has 2 rings (SSSR count). The molecule has 150 valence electrons. The van der Waals surface area contributed by atoms with Crippen LogP contribution in [0.25, 0.3) is 0 Å². The first-order valence-corrected chi connectivity index (χ1v) is 9.94. The highest BCUT2D eigenvalue weighted by molar-refractivity contribution is 5.92. The van der Waals surface area contributed by atoms with Crippen LogP contribution in [0.15, 0.2) is 53.7 Å². The Bertz CT molecular complexity index is 761.